The van der Waals surface area contributed by atoms with Gasteiger partial charge in [0.15, 0.2) is 5.65 Å². The number of fused-ring (bicyclic) bond motifs is 1. The van der Waals surface area contributed by atoms with Gasteiger partial charge in [0.25, 0.3) is 5.91 Å². The van der Waals surface area contributed by atoms with Crippen molar-refractivity contribution in [3.63, 3.8) is 0 Å². The molecule has 0 radical (unpaired) electrons. The van der Waals surface area contributed by atoms with Gasteiger partial charge in [-0.25, -0.2) is 9.50 Å². The molecule has 1 N–H and O–H groups in total. The van der Waals surface area contributed by atoms with Crippen LogP contribution in [0.3, 0.4) is 0 Å². The number of carbonyl (C=O) groups is 1. The normalized spacial score (nSPS) is 14.6. The van der Waals surface area contributed by atoms with E-state index in [1.165, 1.54) is 11.3 Å². The van der Waals surface area contributed by atoms with Crippen LogP contribution in [-0.2, 0) is 6.54 Å². The molecular weight excluding hydrogens is 400 g/mol. The molecule has 1 saturated heterocycles. The fourth-order valence-corrected chi connectivity index (χ4v) is 4.22. The second-order valence-electron chi connectivity index (χ2n) is 8.10. The van der Waals surface area contributed by atoms with Gasteiger partial charge in [-0.2, -0.15) is 5.10 Å². The third-order valence-electron chi connectivity index (χ3n) is 5.91. The molecule has 1 aliphatic heterocycles. The molecule has 0 spiro atoms. The van der Waals surface area contributed by atoms with E-state index in [2.05, 4.69) is 67.7 Å². The lowest BCUT2D eigenvalue weighted by atomic mass is 10.2. The number of amides is 1. The summed E-state index contributed by atoms with van der Waals surface area (Å²) in [5.41, 5.74) is 5.02. The van der Waals surface area contributed by atoms with Gasteiger partial charge < -0.3 is 10.2 Å². The summed E-state index contributed by atoms with van der Waals surface area (Å²) in [4.78, 5) is 22.1. The Balaban J connectivity index is 1.20. The summed E-state index contributed by atoms with van der Waals surface area (Å²) in [5.74, 6) is -0.196. The molecule has 7 heteroatoms. The van der Waals surface area contributed by atoms with Crippen LogP contribution in [0, 0.1) is 6.92 Å². The fraction of sp³-hybridized carbons (Fsp3) is 0.240. The SMILES string of the molecule is Cc1nn2cccnc2c1C(=O)Nc1ccc(N2CCN(Cc3ccccc3)CC2)cc1. The minimum atomic E-state index is -0.196. The third kappa shape index (κ3) is 4.20. The summed E-state index contributed by atoms with van der Waals surface area (Å²) in [6, 6.07) is 20.5. The maximum Gasteiger partial charge on any atom is 0.261 e. The number of aromatic nitrogens is 3. The van der Waals surface area contributed by atoms with Gasteiger partial charge >= 0.3 is 0 Å². The average molecular weight is 427 g/mol. The molecule has 0 saturated carbocycles. The fourth-order valence-electron chi connectivity index (χ4n) is 4.22. The minimum Gasteiger partial charge on any atom is -0.369 e. The Morgan fingerprint density at radius 2 is 1.72 bits per heavy atom. The number of hydrogen-bond acceptors (Lipinski definition) is 5. The first-order valence-corrected chi connectivity index (χ1v) is 10.9. The molecule has 2 aromatic heterocycles. The van der Waals surface area contributed by atoms with Gasteiger partial charge in [0, 0.05) is 56.5 Å². The number of carbonyl (C=O) groups excluding carboxylic acids is 1. The lowest BCUT2D eigenvalue weighted by molar-refractivity contribution is 0.102. The smallest absolute Gasteiger partial charge is 0.261 e. The lowest BCUT2D eigenvalue weighted by Crippen LogP contribution is -2.45. The zero-order valence-electron chi connectivity index (χ0n) is 18.1. The minimum absolute atomic E-state index is 0.196. The maximum atomic E-state index is 12.9. The monoisotopic (exact) mass is 426 g/mol. The van der Waals surface area contributed by atoms with E-state index in [-0.39, 0.29) is 5.91 Å². The van der Waals surface area contributed by atoms with Crippen molar-refractivity contribution in [2.24, 2.45) is 0 Å². The van der Waals surface area contributed by atoms with E-state index in [0.717, 1.165) is 38.4 Å². The number of hydrogen-bond donors (Lipinski definition) is 1. The number of rotatable bonds is 5. The first kappa shape index (κ1) is 20.2. The Morgan fingerprint density at radius 3 is 2.47 bits per heavy atom. The first-order chi connectivity index (χ1) is 15.7. The van der Waals surface area contributed by atoms with Gasteiger partial charge in [-0.05, 0) is 42.8 Å². The molecule has 4 aromatic rings. The van der Waals surface area contributed by atoms with E-state index in [9.17, 15) is 4.79 Å². The van der Waals surface area contributed by atoms with Crippen LogP contribution in [0.4, 0.5) is 11.4 Å². The summed E-state index contributed by atoms with van der Waals surface area (Å²) in [6.45, 7) is 6.88. The number of piperazine rings is 1. The highest BCUT2D eigenvalue weighted by atomic mass is 16.1. The molecule has 32 heavy (non-hydrogen) atoms. The molecule has 0 aliphatic carbocycles. The van der Waals surface area contributed by atoms with Crippen molar-refractivity contribution in [1.29, 1.82) is 0 Å². The molecule has 1 aliphatic rings. The second-order valence-corrected chi connectivity index (χ2v) is 8.10. The quantitative estimate of drug-likeness (QED) is 0.528. The van der Waals surface area contributed by atoms with Gasteiger partial charge in [-0.15, -0.1) is 0 Å². The number of aryl methyl sites for hydroxylation is 1. The number of anilines is 2. The molecule has 1 fully saturated rings. The van der Waals surface area contributed by atoms with Crippen LogP contribution in [0.2, 0.25) is 0 Å². The van der Waals surface area contributed by atoms with Crippen LogP contribution < -0.4 is 10.2 Å². The van der Waals surface area contributed by atoms with Crippen LogP contribution in [0.25, 0.3) is 5.65 Å². The Morgan fingerprint density at radius 1 is 0.969 bits per heavy atom. The van der Waals surface area contributed by atoms with Gasteiger partial charge in [-0.1, -0.05) is 30.3 Å². The van der Waals surface area contributed by atoms with Gasteiger partial charge in [0.2, 0.25) is 0 Å². The predicted octanol–water partition coefficient (Wildman–Crippen LogP) is 3.61. The molecule has 0 atom stereocenters. The van der Waals surface area contributed by atoms with E-state index in [0.29, 0.717) is 16.9 Å². The lowest BCUT2D eigenvalue weighted by Gasteiger charge is -2.36. The molecule has 5 rings (SSSR count). The van der Waals surface area contributed by atoms with E-state index in [1.54, 1.807) is 23.0 Å². The van der Waals surface area contributed by atoms with E-state index in [1.807, 2.05) is 19.1 Å². The van der Waals surface area contributed by atoms with Gasteiger partial charge in [-0.3, -0.25) is 9.69 Å². The molecule has 0 bridgehead atoms. The van der Waals surface area contributed by atoms with E-state index < -0.39 is 0 Å². The Bertz CT molecular complexity index is 1210. The standard InChI is InChI=1S/C25H26N6O/c1-19-23(24-26-12-5-13-31(24)28-19)25(32)27-21-8-10-22(11-9-21)30-16-14-29(15-17-30)18-20-6-3-2-4-7-20/h2-13H,14-18H2,1H3,(H,27,32). The van der Waals surface area contributed by atoms with Gasteiger partial charge in [0.1, 0.15) is 5.56 Å². The van der Waals surface area contributed by atoms with Crippen LogP contribution in [0.1, 0.15) is 21.6 Å². The topological polar surface area (TPSA) is 65.8 Å². The maximum absolute atomic E-state index is 12.9. The summed E-state index contributed by atoms with van der Waals surface area (Å²) in [5, 5.41) is 7.35. The van der Waals surface area contributed by atoms with Crippen molar-refractivity contribution in [3.05, 3.63) is 89.9 Å². The van der Waals surface area contributed by atoms with Crippen LogP contribution >= 0.6 is 0 Å². The van der Waals surface area contributed by atoms with Crippen molar-refractivity contribution in [3.8, 4) is 0 Å². The highest BCUT2D eigenvalue weighted by Crippen LogP contribution is 2.21. The number of nitrogens with zero attached hydrogens (tertiary/aromatic N) is 5. The van der Waals surface area contributed by atoms with Crippen molar-refractivity contribution in [2.45, 2.75) is 13.5 Å². The highest BCUT2D eigenvalue weighted by Gasteiger charge is 2.19. The summed E-state index contributed by atoms with van der Waals surface area (Å²) >= 11 is 0. The summed E-state index contributed by atoms with van der Waals surface area (Å²) < 4.78 is 1.63. The molecule has 3 heterocycles. The molecule has 0 unspecified atom stereocenters. The van der Waals surface area contributed by atoms with Crippen molar-refractivity contribution < 1.29 is 4.79 Å². The van der Waals surface area contributed by atoms with Crippen molar-refractivity contribution in [2.75, 3.05) is 36.4 Å². The second kappa shape index (κ2) is 8.80. The average Bonchev–Trinajstić information content (AvgIpc) is 3.16. The Kier molecular flexibility index (Phi) is 5.56. The highest BCUT2D eigenvalue weighted by molar-refractivity contribution is 6.09. The number of benzene rings is 2. The zero-order chi connectivity index (χ0) is 21.9. The molecular formula is C25H26N6O. The largest absolute Gasteiger partial charge is 0.369 e. The molecule has 1 amide bonds. The van der Waals surface area contributed by atoms with Crippen molar-refractivity contribution >= 4 is 22.9 Å². The zero-order valence-corrected chi connectivity index (χ0v) is 18.1. The molecule has 2 aromatic carbocycles. The summed E-state index contributed by atoms with van der Waals surface area (Å²) in [6.07, 6.45) is 3.46. The van der Waals surface area contributed by atoms with Crippen molar-refractivity contribution in [1.82, 2.24) is 19.5 Å². The van der Waals surface area contributed by atoms with Crippen LogP contribution in [0.5, 0.6) is 0 Å². The van der Waals surface area contributed by atoms with E-state index in [4.69, 9.17) is 0 Å². The third-order valence-corrected chi connectivity index (χ3v) is 5.91. The van der Waals surface area contributed by atoms with E-state index >= 15 is 0 Å². The number of nitrogens with one attached hydrogen (secondary N) is 1. The first-order valence-electron chi connectivity index (χ1n) is 10.9. The predicted molar refractivity (Wildman–Crippen MR) is 126 cm³/mol. The summed E-state index contributed by atoms with van der Waals surface area (Å²) in [7, 11) is 0. The molecule has 162 valence electrons. The Hall–Kier alpha value is -3.71. The Labute approximate surface area is 187 Å². The van der Waals surface area contributed by atoms with Crippen LogP contribution in [0.15, 0.2) is 73.1 Å². The molecule has 7 nitrogen and oxygen atoms in total. The van der Waals surface area contributed by atoms with Gasteiger partial charge in [0.05, 0.1) is 5.69 Å². The van der Waals surface area contributed by atoms with Crippen LogP contribution in [-0.4, -0.2) is 51.6 Å².